The predicted molar refractivity (Wildman–Crippen MR) is 128 cm³/mol. The van der Waals surface area contributed by atoms with Crippen molar-refractivity contribution in [3.8, 4) is 0 Å². The number of carbonyl (C=O) groups is 1. The lowest BCUT2D eigenvalue weighted by Crippen LogP contribution is -2.67. The van der Waals surface area contributed by atoms with Crippen LogP contribution in [0.15, 0.2) is 0 Å². The summed E-state index contributed by atoms with van der Waals surface area (Å²) in [6.07, 6.45) is -18.1. The first-order valence-electron chi connectivity index (χ1n) is 12.6. The highest BCUT2D eigenvalue weighted by Gasteiger charge is 2.50. The number of ether oxygens (including phenoxy) is 4. The molecule has 1 fully saturated rings. The van der Waals surface area contributed by atoms with Gasteiger partial charge in [0.1, 0.15) is 36.6 Å². The number of carbonyl (C=O) groups excluding carboxylic acids is 1. The van der Waals surface area contributed by atoms with E-state index < -0.39 is 105 Å². The van der Waals surface area contributed by atoms with Crippen LogP contribution in [0.2, 0.25) is 0 Å². The van der Waals surface area contributed by atoms with Gasteiger partial charge >= 0.3 is 0 Å². The summed E-state index contributed by atoms with van der Waals surface area (Å²) >= 11 is 0. The van der Waals surface area contributed by atoms with Gasteiger partial charge in [0.25, 0.3) is 0 Å². The minimum absolute atomic E-state index is 0.269. The van der Waals surface area contributed by atoms with Gasteiger partial charge in [0.2, 0.25) is 18.5 Å². The molecule has 1 saturated heterocycles. The van der Waals surface area contributed by atoms with Crippen molar-refractivity contribution in [3.63, 3.8) is 0 Å². The first-order chi connectivity index (χ1) is 17.7. The molecule has 10 N–H and O–H groups in total. The third-order valence-corrected chi connectivity index (χ3v) is 6.33. The van der Waals surface area contributed by atoms with Crippen molar-refractivity contribution >= 4 is 5.91 Å². The van der Waals surface area contributed by atoms with E-state index in [0.29, 0.717) is 0 Å². The number of hydrogen-bond acceptors (Lipinski definition) is 14. The maximum atomic E-state index is 11.9. The molecular formula is C23H45NO14. The zero-order chi connectivity index (χ0) is 29.3. The number of amides is 1. The quantitative estimate of drug-likeness (QED) is 0.0807. The van der Waals surface area contributed by atoms with Gasteiger partial charge in [-0.05, 0) is 20.3 Å². The highest BCUT2D eigenvalue weighted by atomic mass is 16.7. The van der Waals surface area contributed by atoms with Gasteiger partial charge in [0.15, 0.2) is 6.29 Å². The summed E-state index contributed by atoms with van der Waals surface area (Å²) in [5.74, 6) is -1.44. The molecule has 1 aliphatic rings. The molecule has 38 heavy (non-hydrogen) atoms. The van der Waals surface area contributed by atoms with Crippen LogP contribution in [-0.4, -0.2) is 145 Å². The molecule has 0 aromatic heterocycles. The lowest BCUT2D eigenvalue weighted by atomic mass is 9.93. The largest absolute Gasteiger partial charge is 0.396 e. The fourth-order valence-electron chi connectivity index (χ4n) is 4.06. The number of rotatable bonds is 16. The van der Waals surface area contributed by atoms with Crippen molar-refractivity contribution in [2.75, 3.05) is 13.2 Å². The summed E-state index contributed by atoms with van der Waals surface area (Å²) in [7, 11) is 0. The van der Waals surface area contributed by atoms with Gasteiger partial charge < -0.3 is 70.2 Å². The molecule has 0 aromatic rings. The monoisotopic (exact) mass is 559 g/mol. The van der Waals surface area contributed by atoms with Crippen LogP contribution in [-0.2, 0) is 23.7 Å². The molecule has 10 unspecified atom stereocenters. The second-order valence-corrected chi connectivity index (χ2v) is 9.63. The Balaban J connectivity index is 3.27. The molecule has 15 nitrogen and oxygen atoms in total. The van der Waals surface area contributed by atoms with Crippen molar-refractivity contribution in [3.05, 3.63) is 0 Å². The van der Waals surface area contributed by atoms with Crippen molar-refractivity contribution in [1.29, 1.82) is 0 Å². The molecule has 1 heterocycles. The zero-order valence-corrected chi connectivity index (χ0v) is 22.3. The Morgan fingerprint density at radius 3 is 2.00 bits per heavy atom. The molecule has 13 atom stereocenters. The Morgan fingerprint density at radius 2 is 1.58 bits per heavy atom. The maximum absolute atomic E-state index is 11.9. The number of aliphatic hydroxyl groups is 9. The van der Waals surface area contributed by atoms with Crippen LogP contribution in [0.3, 0.4) is 0 Å². The van der Waals surface area contributed by atoms with E-state index in [1.54, 1.807) is 6.92 Å². The minimum Gasteiger partial charge on any atom is -0.396 e. The molecule has 0 bridgehead atoms. The lowest BCUT2D eigenvalue weighted by molar-refractivity contribution is -0.348. The van der Waals surface area contributed by atoms with Crippen LogP contribution in [0.1, 0.15) is 41.0 Å². The van der Waals surface area contributed by atoms with E-state index in [2.05, 4.69) is 5.32 Å². The first-order valence-corrected chi connectivity index (χ1v) is 12.6. The van der Waals surface area contributed by atoms with E-state index >= 15 is 0 Å². The van der Waals surface area contributed by atoms with Crippen LogP contribution in [0.5, 0.6) is 0 Å². The lowest BCUT2D eigenvalue weighted by Gasteiger charge is -2.46. The highest BCUT2D eigenvalue weighted by molar-refractivity contribution is 5.73. The van der Waals surface area contributed by atoms with E-state index in [0.717, 1.165) is 6.92 Å². The Hall–Kier alpha value is -1.05. The van der Waals surface area contributed by atoms with Crippen molar-refractivity contribution in [2.24, 2.45) is 5.92 Å². The van der Waals surface area contributed by atoms with Crippen molar-refractivity contribution < 1.29 is 69.7 Å². The molecule has 226 valence electrons. The fourth-order valence-corrected chi connectivity index (χ4v) is 4.06. The van der Waals surface area contributed by atoms with Gasteiger partial charge in [0, 0.05) is 19.4 Å². The summed E-state index contributed by atoms with van der Waals surface area (Å²) in [5.41, 5.74) is 0. The molecule has 0 radical (unpaired) electrons. The van der Waals surface area contributed by atoms with Crippen LogP contribution in [0.4, 0.5) is 0 Å². The van der Waals surface area contributed by atoms with E-state index in [-0.39, 0.29) is 6.42 Å². The Morgan fingerprint density at radius 1 is 0.974 bits per heavy atom. The molecule has 0 spiro atoms. The summed E-state index contributed by atoms with van der Waals surface area (Å²) in [6.45, 7) is 5.66. The number of hydrogen-bond donors (Lipinski definition) is 10. The molecule has 1 amide bonds. The van der Waals surface area contributed by atoms with E-state index in [4.69, 9.17) is 18.9 Å². The van der Waals surface area contributed by atoms with Crippen LogP contribution in [0, 0.1) is 5.92 Å². The summed E-state index contributed by atoms with van der Waals surface area (Å²) in [5, 5.41) is 93.3. The Bertz CT molecular complexity index is 683. The van der Waals surface area contributed by atoms with E-state index in [1.807, 2.05) is 0 Å². The third-order valence-electron chi connectivity index (χ3n) is 6.33. The van der Waals surface area contributed by atoms with Crippen molar-refractivity contribution in [2.45, 2.75) is 121 Å². The summed E-state index contributed by atoms with van der Waals surface area (Å²) < 4.78 is 22.4. The Kier molecular flexibility index (Phi) is 15.0. The zero-order valence-electron chi connectivity index (χ0n) is 22.3. The second kappa shape index (κ2) is 16.3. The topological polar surface area (TPSA) is 248 Å². The molecule has 0 aromatic carbocycles. The van der Waals surface area contributed by atoms with Gasteiger partial charge in [0.05, 0.1) is 31.0 Å². The average molecular weight is 560 g/mol. The highest BCUT2D eigenvalue weighted by Crippen LogP contribution is 2.29. The maximum Gasteiger partial charge on any atom is 0.217 e. The van der Waals surface area contributed by atoms with Gasteiger partial charge in [-0.3, -0.25) is 4.79 Å². The summed E-state index contributed by atoms with van der Waals surface area (Å²) in [6, 6.07) is -1.43. The SMILES string of the molecule is CCC(OC(OC1C(O)C(NC(C)=O)[C@H](OC(C(C)O)C(O)C(O)C(C)CO)O[C@H]1CO)C(O)O)[C@@H](C)O. The molecule has 1 rings (SSSR count). The summed E-state index contributed by atoms with van der Waals surface area (Å²) in [4.78, 5) is 11.9. The second-order valence-electron chi connectivity index (χ2n) is 9.63. The van der Waals surface area contributed by atoms with Gasteiger partial charge in [-0.15, -0.1) is 0 Å². The molecule has 1 aliphatic heterocycles. The standard InChI is InChI=1S/C23H45NO14/c1-6-13(10(3)27)35-23(21(33)34)38-20-14(8-26)36-22(15(17(20)31)24-12(5)29)37-19(11(4)28)18(32)16(30)9(2)7-25/h9-11,13-23,25-28,30-34H,6-8H2,1-5H3,(H,24,29)/t9?,10-,11?,13?,14+,15?,16?,17?,18?,19?,20?,22+,23?/m1/s1. The van der Waals surface area contributed by atoms with Crippen molar-refractivity contribution in [1.82, 2.24) is 5.32 Å². The predicted octanol–water partition coefficient (Wildman–Crippen LogP) is -4.12. The number of aliphatic hydroxyl groups excluding tert-OH is 8. The average Bonchev–Trinajstić information content (AvgIpc) is 2.85. The first kappa shape index (κ1) is 35.0. The van der Waals surface area contributed by atoms with E-state index in [9.17, 15) is 50.8 Å². The number of nitrogens with one attached hydrogen (secondary N) is 1. The molecule has 15 heteroatoms. The fraction of sp³-hybridized carbons (Fsp3) is 0.957. The molecule has 0 aliphatic carbocycles. The molecule has 0 saturated carbocycles. The third kappa shape index (κ3) is 9.55. The van der Waals surface area contributed by atoms with Crippen LogP contribution < -0.4 is 5.32 Å². The Labute approximate surface area is 221 Å². The van der Waals surface area contributed by atoms with Gasteiger partial charge in [-0.2, -0.15) is 0 Å². The van der Waals surface area contributed by atoms with E-state index in [1.165, 1.54) is 20.8 Å². The van der Waals surface area contributed by atoms with Gasteiger partial charge in [-0.1, -0.05) is 13.8 Å². The minimum atomic E-state index is -2.23. The van der Waals surface area contributed by atoms with Crippen LogP contribution in [0.25, 0.3) is 0 Å². The van der Waals surface area contributed by atoms with Crippen LogP contribution >= 0.6 is 0 Å². The smallest absolute Gasteiger partial charge is 0.217 e. The molecular weight excluding hydrogens is 514 g/mol. The normalized spacial score (nSPS) is 30.7. The van der Waals surface area contributed by atoms with Gasteiger partial charge in [-0.25, -0.2) is 0 Å².